The van der Waals surface area contributed by atoms with E-state index in [0.29, 0.717) is 11.6 Å². The molecule has 0 aromatic carbocycles. The highest BCUT2D eigenvalue weighted by Gasteiger charge is 2.16. The summed E-state index contributed by atoms with van der Waals surface area (Å²) >= 11 is 5.62. The second-order valence-corrected chi connectivity index (χ2v) is 3.74. The molecule has 0 aliphatic heterocycles. The number of carbonyl (C=O) groups is 2. The predicted molar refractivity (Wildman–Crippen MR) is 59.8 cm³/mol. The molecule has 5 nitrogen and oxygen atoms in total. The number of pyridine rings is 1. The second-order valence-electron chi connectivity index (χ2n) is 3.35. The molecular weight excluding hydrogens is 230 g/mol. The molecular formula is C10H12ClN3O2. The van der Waals surface area contributed by atoms with Crippen LogP contribution in [0.5, 0.6) is 0 Å². The lowest BCUT2D eigenvalue weighted by molar-refractivity contribution is -0.126. The first-order valence-corrected chi connectivity index (χ1v) is 5.03. The zero-order valence-electron chi connectivity index (χ0n) is 8.74. The highest BCUT2D eigenvalue weighted by atomic mass is 35.5. The van der Waals surface area contributed by atoms with Crippen molar-refractivity contribution in [3.8, 4) is 0 Å². The van der Waals surface area contributed by atoms with Crippen LogP contribution >= 0.6 is 11.6 Å². The van der Waals surface area contributed by atoms with Crippen LogP contribution in [0, 0.1) is 0 Å². The SMILES string of the molecule is CC(=O)N[C@H](Cc1ccc(Cl)nc1)C(N)=O. The van der Waals surface area contributed by atoms with Crippen molar-refractivity contribution >= 4 is 23.4 Å². The van der Waals surface area contributed by atoms with E-state index < -0.39 is 11.9 Å². The average Bonchev–Trinajstić information content (AvgIpc) is 2.19. The van der Waals surface area contributed by atoms with Gasteiger partial charge in [0.1, 0.15) is 11.2 Å². The van der Waals surface area contributed by atoms with E-state index in [2.05, 4.69) is 10.3 Å². The van der Waals surface area contributed by atoms with E-state index in [-0.39, 0.29) is 5.91 Å². The minimum atomic E-state index is -0.722. The molecule has 1 atom stereocenters. The van der Waals surface area contributed by atoms with Crippen LogP contribution in [0.25, 0.3) is 0 Å². The molecule has 3 N–H and O–H groups in total. The Morgan fingerprint density at radius 1 is 1.56 bits per heavy atom. The Hall–Kier alpha value is -1.62. The number of halogens is 1. The van der Waals surface area contributed by atoms with Crippen molar-refractivity contribution in [2.75, 3.05) is 0 Å². The van der Waals surface area contributed by atoms with Gasteiger partial charge in [0.25, 0.3) is 0 Å². The molecule has 0 bridgehead atoms. The van der Waals surface area contributed by atoms with Crippen molar-refractivity contribution in [1.29, 1.82) is 0 Å². The van der Waals surface area contributed by atoms with Gasteiger partial charge in [-0.2, -0.15) is 0 Å². The second kappa shape index (κ2) is 5.46. The summed E-state index contributed by atoms with van der Waals surface area (Å²) in [6, 6.07) is 2.62. The predicted octanol–water partition coefficient (Wildman–Crippen LogP) is 0.267. The maximum Gasteiger partial charge on any atom is 0.240 e. The minimum absolute atomic E-state index is 0.300. The number of carbonyl (C=O) groups excluding carboxylic acids is 2. The van der Waals surface area contributed by atoms with E-state index in [1.54, 1.807) is 18.3 Å². The first-order valence-electron chi connectivity index (χ1n) is 4.66. The van der Waals surface area contributed by atoms with Crippen LogP contribution in [0.1, 0.15) is 12.5 Å². The third-order valence-electron chi connectivity index (χ3n) is 1.95. The molecule has 1 rings (SSSR count). The quantitative estimate of drug-likeness (QED) is 0.742. The summed E-state index contributed by atoms with van der Waals surface area (Å²) in [5.74, 6) is -0.879. The highest BCUT2D eigenvalue weighted by Crippen LogP contribution is 2.07. The van der Waals surface area contributed by atoms with Crippen molar-refractivity contribution in [2.45, 2.75) is 19.4 Å². The van der Waals surface area contributed by atoms with Gasteiger partial charge < -0.3 is 11.1 Å². The monoisotopic (exact) mass is 241 g/mol. The van der Waals surface area contributed by atoms with E-state index >= 15 is 0 Å². The molecule has 0 radical (unpaired) electrons. The number of nitrogens with zero attached hydrogens (tertiary/aromatic N) is 1. The fraction of sp³-hybridized carbons (Fsp3) is 0.300. The molecule has 1 aromatic rings. The van der Waals surface area contributed by atoms with Crippen LogP contribution in [-0.2, 0) is 16.0 Å². The normalized spacial score (nSPS) is 11.9. The Kier molecular flexibility index (Phi) is 4.25. The summed E-state index contributed by atoms with van der Waals surface area (Å²) in [5, 5.41) is 2.84. The summed E-state index contributed by atoms with van der Waals surface area (Å²) in [7, 11) is 0. The number of aromatic nitrogens is 1. The molecule has 0 aliphatic carbocycles. The smallest absolute Gasteiger partial charge is 0.240 e. The van der Waals surface area contributed by atoms with E-state index in [4.69, 9.17) is 17.3 Å². The molecule has 1 heterocycles. The average molecular weight is 242 g/mol. The minimum Gasteiger partial charge on any atom is -0.368 e. The van der Waals surface area contributed by atoms with Gasteiger partial charge in [-0.05, 0) is 11.6 Å². The van der Waals surface area contributed by atoms with Crippen molar-refractivity contribution in [2.24, 2.45) is 5.73 Å². The Morgan fingerprint density at radius 2 is 2.25 bits per heavy atom. The third kappa shape index (κ3) is 3.86. The summed E-state index contributed by atoms with van der Waals surface area (Å²) in [6.07, 6.45) is 1.85. The van der Waals surface area contributed by atoms with Gasteiger partial charge in [-0.15, -0.1) is 0 Å². The fourth-order valence-corrected chi connectivity index (χ4v) is 1.34. The van der Waals surface area contributed by atoms with Gasteiger partial charge >= 0.3 is 0 Å². The zero-order valence-corrected chi connectivity index (χ0v) is 9.49. The largest absolute Gasteiger partial charge is 0.368 e. The Morgan fingerprint density at radius 3 is 2.69 bits per heavy atom. The number of rotatable bonds is 4. The van der Waals surface area contributed by atoms with Crippen LogP contribution in [0.2, 0.25) is 5.15 Å². The molecule has 0 aliphatic rings. The molecule has 1 aromatic heterocycles. The third-order valence-corrected chi connectivity index (χ3v) is 2.17. The Bertz CT molecular complexity index is 392. The lowest BCUT2D eigenvalue weighted by Gasteiger charge is -2.13. The van der Waals surface area contributed by atoms with Gasteiger partial charge in [0, 0.05) is 19.5 Å². The van der Waals surface area contributed by atoms with Crippen LogP contribution in [-0.4, -0.2) is 22.8 Å². The number of nitrogens with two attached hydrogens (primary N) is 1. The van der Waals surface area contributed by atoms with Crippen molar-refractivity contribution < 1.29 is 9.59 Å². The van der Waals surface area contributed by atoms with Crippen LogP contribution in [0.4, 0.5) is 0 Å². The standard InChI is InChI=1S/C10H12ClN3O2/c1-6(15)14-8(10(12)16)4-7-2-3-9(11)13-5-7/h2-3,5,8H,4H2,1H3,(H2,12,16)(H,14,15)/t8-/m1/s1. The number of hydrogen-bond acceptors (Lipinski definition) is 3. The molecule has 0 saturated heterocycles. The molecule has 0 fully saturated rings. The van der Waals surface area contributed by atoms with Gasteiger partial charge in [0.05, 0.1) is 0 Å². The number of amides is 2. The van der Waals surface area contributed by atoms with Crippen molar-refractivity contribution in [3.63, 3.8) is 0 Å². The van der Waals surface area contributed by atoms with Crippen molar-refractivity contribution in [1.82, 2.24) is 10.3 Å². The highest BCUT2D eigenvalue weighted by molar-refractivity contribution is 6.29. The van der Waals surface area contributed by atoms with Crippen LogP contribution in [0.3, 0.4) is 0 Å². The topological polar surface area (TPSA) is 85.1 Å². The number of nitrogens with one attached hydrogen (secondary N) is 1. The van der Waals surface area contributed by atoms with Gasteiger partial charge in [0.2, 0.25) is 11.8 Å². The maximum absolute atomic E-state index is 11.1. The van der Waals surface area contributed by atoms with Gasteiger partial charge in [-0.25, -0.2) is 4.98 Å². The summed E-state index contributed by atoms with van der Waals surface area (Å²) in [5.41, 5.74) is 5.94. The van der Waals surface area contributed by atoms with Crippen LogP contribution in [0.15, 0.2) is 18.3 Å². The molecule has 0 spiro atoms. The maximum atomic E-state index is 11.1. The molecule has 0 unspecified atom stereocenters. The summed E-state index contributed by atoms with van der Waals surface area (Å²) < 4.78 is 0. The van der Waals surface area contributed by atoms with Gasteiger partial charge in [0.15, 0.2) is 0 Å². The van der Waals surface area contributed by atoms with Gasteiger partial charge in [-0.1, -0.05) is 17.7 Å². The number of primary amides is 1. The van der Waals surface area contributed by atoms with E-state index in [9.17, 15) is 9.59 Å². The molecule has 86 valence electrons. The lowest BCUT2D eigenvalue weighted by Crippen LogP contribution is -2.45. The number of hydrogen-bond donors (Lipinski definition) is 2. The summed E-state index contributed by atoms with van der Waals surface area (Å²) in [4.78, 5) is 25.8. The molecule has 2 amide bonds. The Balaban J connectivity index is 2.71. The van der Waals surface area contributed by atoms with Gasteiger partial charge in [-0.3, -0.25) is 9.59 Å². The lowest BCUT2D eigenvalue weighted by atomic mass is 10.1. The molecule has 0 saturated carbocycles. The van der Waals surface area contributed by atoms with Crippen LogP contribution < -0.4 is 11.1 Å². The van der Waals surface area contributed by atoms with E-state index in [1.807, 2.05) is 0 Å². The Labute approximate surface area is 98.0 Å². The van der Waals surface area contributed by atoms with E-state index in [0.717, 1.165) is 5.56 Å². The first-order chi connectivity index (χ1) is 7.49. The first kappa shape index (κ1) is 12.4. The van der Waals surface area contributed by atoms with Crippen molar-refractivity contribution in [3.05, 3.63) is 29.0 Å². The fourth-order valence-electron chi connectivity index (χ4n) is 1.23. The zero-order chi connectivity index (χ0) is 12.1. The summed E-state index contributed by atoms with van der Waals surface area (Å²) in [6.45, 7) is 1.33. The molecule has 16 heavy (non-hydrogen) atoms. The molecule has 6 heteroatoms. The van der Waals surface area contributed by atoms with E-state index in [1.165, 1.54) is 6.92 Å².